The van der Waals surface area contributed by atoms with Crippen LogP contribution in [-0.2, 0) is 28.6 Å². The van der Waals surface area contributed by atoms with Crippen LogP contribution < -0.4 is 0 Å². The number of unbranched alkanes of at least 4 members (excludes halogenated alkanes) is 27. The first-order valence-corrected chi connectivity index (χ1v) is 26.8. The molecule has 0 heterocycles. The summed E-state index contributed by atoms with van der Waals surface area (Å²) >= 11 is 0. The first kappa shape index (κ1) is 60.1. The fourth-order valence-electron chi connectivity index (χ4n) is 7.49. The number of ether oxygens (including phenoxy) is 3. The van der Waals surface area contributed by atoms with Crippen molar-refractivity contribution < 1.29 is 28.6 Å². The van der Waals surface area contributed by atoms with E-state index in [2.05, 4.69) is 81.5 Å². The summed E-state index contributed by atoms with van der Waals surface area (Å²) in [5, 5.41) is 0. The molecule has 6 heteroatoms. The lowest BCUT2D eigenvalue weighted by Crippen LogP contribution is -2.30. The number of allylic oxidation sites excluding steroid dienone is 10. The molecule has 6 nitrogen and oxygen atoms in total. The molecule has 0 radical (unpaired) electrons. The lowest BCUT2D eigenvalue weighted by molar-refractivity contribution is -0.167. The van der Waals surface area contributed by atoms with Gasteiger partial charge in [-0.25, -0.2) is 0 Å². The Hall–Kier alpha value is -2.89. The third-order valence-corrected chi connectivity index (χ3v) is 11.5. The van der Waals surface area contributed by atoms with Crippen molar-refractivity contribution in [2.24, 2.45) is 0 Å². The van der Waals surface area contributed by atoms with E-state index in [4.69, 9.17) is 14.2 Å². The van der Waals surface area contributed by atoms with Crippen LogP contribution >= 0.6 is 0 Å². The van der Waals surface area contributed by atoms with Gasteiger partial charge >= 0.3 is 17.9 Å². The summed E-state index contributed by atoms with van der Waals surface area (Å²) in [6.07, 6.45) is 63.6. The quantitative estimate of drug-likeness (QED) is 0.0262. The zero-order valence-corrected chi connectivity index (χ0v) is 41.6. The Kier molecular flexibility index (Phi) is 49.4. The third kappa shape index (κ3) is 50.0. The van der Waals surface area contributed by atoms with Gasteiger partial charge in [0.25, 0.3) is 0 Å². The van der Waals surface area contributed by atoms with Crippen LogP contribution in [-0.4, -0.2) is 37.2 Å². The molecule has 0 saturated carbocycles. The summed E-state index contributed by atoms with van der Waals surface area (Å²) in [6.45, 7) is 6.48. The molecule has 0 saturated heterocycles. The van der Waals surface area contributed by atoms with Gasteiger partial charge in [0.05, 0.1) is 0 Å². The molecule has 1 atom stereocenters. The number of esters is 3. The summed E-state index contributed by atoms with van der Waals surface area (Å²) < 4.78 is 16.7. The monoisotopic (exact) mass is 881 g/mol. The Morgan fingerprint density at radius 1 is 0.333 bits per heavy atom. The molecule has 63 heavy (non-hydrogen) atoms. The zero-order valence-electron chi connectivity index (χ0n) is 41.6. The third-order valence-electron chi connectivity index (χ3n) is 11.5. The van der Waals surface area contributed by atoms with Gasteiger partial charge in [0, 0.05) is 19.3 Å². The second kappa shape index (κ2) is 51.7. The van der Waals surface area contributed by atoms with Crippen molar-refractivity contribution in [2.75, 3.05) is 13.2 Å². The minimum atomic E-state index is -0.793. The van der Waals surface area contributed by atoms with Crippen molar-refractivity contribution in [1.82, 2.24) is 0 Å². The number of hydrogen-bond acceptors (Lipinski definition) is 6. The van der Waals surface area contributed by atoms with Gasteiger partial charge < -0.3 is 14.2 Å². The molecule has 0 aromatic heterocycles. The predicted molar refractivity (Wildman–Crippen MR) is 270 cm³/mol. The van der Waals surface area contributed by atoms with Gasteiger partial charge in [0.1, 0.15) is 13.2 Å². The average Bonchev–Trinajstić information content (AvgIpc) is 3.28. The van der Waals surface area contributed by atoms with Crippen LogP contribution in [0.5, 0.6) is 0 Å². The van der Waals surface area contributed by atoms with Crippen molar-refractivity contribution in [2.45, 2.75) is 271 Å². The van der Waals surface area contributed by atoms with Gasteiger partial charge in [0.15, 0.2) is 6.10 Å². The Bertz CT molecular complexity index is 1150. The largest absolute Gasteiger partial charge is 0.462 e. The van der Waals surface area contributed by atoms with Crippen molar-refractivity contribution in [1.29, 1.82) is 0 Å². The van der Waals surface area contributed by atoms with E-state index in [-0.39, 0.29) is 37.5 Å². The molecule has 0 aliphatic rings. The van der Waals surface area contributed by atoms with E-state index in [1.54, 1.807) is 0 Å². The van der Waals surface area contributed by atoms with Crippen molar-refractivity contribution in [3.63, 3.8) is 0 Å². The second-order valence-electron chi connectivity index (χ2n) is 17.8. The van der Waals surface area contributed by atoms with Gasteiger partial charge in [-0.15, -0.1) is 0 Å². The Morgan fingerprint density at radius 3 is 1.02 bits per heavy atom. The molecule has 0 aliphatic heterocycles. The molecule has 364 valence electrons. The summed E-state index contributed by atoms with van der Waals surface area (Å²) in [5.74, 6) is -0.931. The molecule has 0 spiro atoms. The van der Waals surface area contributed by atoms with Gasteiger partial charge in [0.2, 0.25) is 0 Å². The highest BCUT2D eigenvalue weighted by atomic mass is 16.6. The highest BCUT2D eigenvalue weighted by molar-refractivity contribution is 5.71. The smallest absolute Gasteiger partial charge is 0.306 e. The zero-order chi connectivity index (χ0) is 45.8. The molecule has 0 aromatic carbocycles. The molecule has 0 bridgehead atoms. The Labute approximate surface area is 390 Å². The van der Waals surface area contributed by atoms with E-state index in [0.29, 0.717) is 19.3 Å². The van der Waals surface area contributed by atoms with E-state index in [1.165, 1.54) is 141 Å². The summed E-state index contributed by atoms with van der Waals surface area (Å²) in [4.78, 5) is 37.9. The van der Waals surface area contributed by atoms with E-state index in [0.717, 1.165) is 77.0 Å². The topological polar surface area (TPSA) is 78.9 Å². The standard InChI is InChI=1S/C57H100O6/c1-4-7-10-13-16-19-21-23-25-26-27-28-29-30-32-33-35-38-41-44-47-50-56(59)62-53-54(52-61-55(58)49-46-43-40-37-18-15-12-9-6-3)63-57(60)51-48-45-42-39-36-34-31-24-22-20-17-14-11-8-5-2/h8,11,17,20,24,26-27,31,36,39,54H,4-7,9-10,12-16,18-19,21-23,25,28-30,32-35,37-38,40-53H2,1-3H3/b11-8-,20-17-,27-26-,31-24-,39-36-. The highest BCUT2D eigenvalue weighted by Crippen LogP contribution is 2.15. The van der Waals surface area contributed by atoms with Crippen LogP contribution in [0.3, 0.4) is 0 Å². The fourth-order valence-corrected chi connectivity index (χ4v) is 7.49. The van der Waals surface area contributed by atoms with Crippen molar-refractivity contribution >= 4 is 17.9 Å². The predicted octanol–water partition coefficient (Wildman–Crippen LogP) is 17.6. The lowest BCUT2D eigenvalue weighted by Gasteiger charge is -2.18. The summed E-state index contributed by atoms with van der Waals surface area (Å²) in [5.41, 5.74) is 0. The van der Waals surface area contributed by atoms with Crippen LogP contribution in [0.1, 0.15) is 265 Å². The molecular formula is C57H100O6. The van der Waals surface area contributed by atoms with E-state index >= 15 is 0 Å². The van der Waals surface area contributed by atoms with Gasteiger partial charge in [-0.3, -0.25) is 14.4 Å². The average molecular weight is 881 g/mol. The molecular weight excluding hydrogens is 781 g/mol. The van der Waals surface area contributed by atoms with Crippen molar-refractivity contribution in [3.05, 3.63) is 60.8 Å². The maximum absolute atomic E-state index is 12.8. The minimum Gasteiger partial charge on any atom is -0.462 e. The van der Waals surface area contributed by atoms with Crippen molar-refractivity contribution in [3.8, 4) is 0 Å². The Morgan fingerprint density at radius 2 is 0.619 bits per heavy atom. The van der Waals surface area contributed by atoms with Gasteiger partial charge in [-0.05, 0) is 83.5 Å². The van der Waals surface area contributed by atoms with E-state index in [9.17, 15) is 14.4 Å². The van der Waals surface area contributed by atoms with E-state index in [1.807, 2.05) is 0 Å². The molecule has 0 aliphatic carbocycles. The normalized spacial score (nSPS) is 12.5. The highest BCUT2D eigenvalue weighted by Gasteiger charge is 2.19. The number of hydrogen-bond donors (Lipinski definition) is 0. The fraction of sp³-hybridized carbons (Fsp3) is 0.772. The maximum Gasteiger partial charge on any atom is 0.306 e. The number of rotatable bonds is 48. The molecule has 0 rings (SSSR count). The Balaban J connectivity index is 4.31. The number of carbonyl (C=O) groups is 3. The number of carbonyl (C=O) groups excluding carboxylic acids is 3. The molecule has 1 unspecified atom stereocenters. The maximum atomic E-state index is 12.8. The summed E-state index contributed by atoms with van der Waals surface area (Å²) in [6, 6.07) is 0. The van der Waals surface area contributed by atoms with E-state index < -0.39 is 6.10 Å². The van der Waals surface area contributed by atoms with Crippen LogP contribution in [0.4, 0.5) is 0 Å². The molecule has 0 aromatic rings. The van der Waals surface area contributed by atoms with Crippen LogP contribution in [0.15, 0.2) is 60.8 Å². The van der Waals surface area contributed by atoms with Crippen LogP contribution in [0.2, 0.25) is 0 Å². The first-order chi connectivity index (χ1) is 31.0. The SMILES string of the molecule is CC/C=C\C/C=C\C/C=C\C/C=C\CCCCC(=O)OC(COC(=O)CCCCCCCCCCC)COC(=O)CCCCCCCCCCC/C=C\CCCCCCCCCC. The molecule has 0 amide bonds. The van der Waals surface area contributed by atoms with Gasteiger partial charge in [-0.2, -0.15) is 0 Å². The summed E-state index contributed by atoms with van der Waals surface area (Å²) in [7, 11) is 0. The van der Waals surface area contributed by atoms with Crippen LogP contribution in [0, 0.1) is 0 Å². The first-order valence-electron chi connectivity index (χ1n) is 26.8. The lowest BCUT2D eigenvalue weighted by atomic mass is 10.1. The minimum absolute atomic E-state index is 0.0900. The molecule has 0 fully saturated rings. The molecule has 0 N–H and O–H groups in total. The van der Waals surface area contributed by atoms with Crippen LogP contribution in [0.25, 0.3) is 0 Å². The van der Waals surface area contributed by atoms with Gasteiger partial charge in [-0.1, -0.05) is 223 Å². The second-order valence-corrected chi connectivity index (χ2v) is 17.8.